The van der Waals surface area contributed by atoms with E-state index in [1.54, 1.807) is 0 Å². The fourth-order valence-corrected chi connectivity index (χ4v) is 3.32. The molecule has 1 N–H and O–H groups in total. The number of rotatable bonds is 8. The van der Waals surface area contributed by atoms with Gasteiger partial charge in [-0.2, -0.15) is 0 Å². The average molecular weight is 288 g/mol. The van der Waals surface area contributed by atoms with Crippen LogP contribution in [0.15, 0.2) is 18.2 Å². The smallest absolute Gasteiger partial charge is 0.0329 e. The van der Waals surface area contributed by atoms with Gasteiger partial charge in [0.2, 0.25) is 0 Å². The Morgan fingerprint density at radius 3 is 2.24 bits per heavy atom. The molecule has 21 heavy (non-hydrogen) atoms. The Bertz CT molecular complexity index is 429. The topological polar surface area (TPSA) is 15.3 Å². The molecule has 2 rings (SSSR count). The van der Waals surface area contributed by atoms with Gasteiger partial charge >= 0.3 is 0 Å². The Hall–Kier alpha value is -0.860. The Labute approximate surface area is 130 Å². The van der Waals surface area contributed by atoms with Crippen molar-refractivity contribution in [3.05, 3.63) is 34.9 Å². The summed E-state index contributed by atoms with van der Waals surface area (Å²) < 4.78 is 0. The normalized spacial score (nSPS) is 16.7. The van der Waals surface area contributed by atoms with Crippen LogP contribution in [0.4, 0.5) is 0 Å². The van der Waals surface area contributed by atoms with Crippen LogP contribution in [0.25, 0.3) is 0 Å². The molecule has 1 fully saturated rings. The molecule has 2 nitrogen and oxygen atoms in total. The highest BCUT2D eigenvalue weighted by molar-refractivity contribution is 5.30. The van der Waals surface area contributed by atoms with E-state index >= 15 is 0 Å². The van der Waals surface area contributed by atoms with E-state index in [-0.39, 0.29) is 0 Å². The van der Waals surface area contributed by atoms with E-state index in [4.69, 9.17) is 0 Å². The van der Waals surface area contributed by atoms with Gasteiger partial charge in [0.15, 0.2) is 0 Å². The number of aryl methyl sites for hydroxylation is 2. The van der Waals surface area contributed by atoms with Crippen molar-refractivity contribution in [3.63, 3.8) is 0 Å². The summed E-state index contributed by atoms with van der Waals surface area (Å²) in [5.74, 6) is 0.764. The zero-order valence-electron chi connectivity index (χ0n) is 14.4. The molecule has 118 valence electrons. The molecule has 0 heterocycles. The van der Waals surface area contributed by atoms with Crippen molar-refractivity contribution >= 4 is 0 Å². The first-order chi connectivity index (χ1) is 9.99. The maximum absolute atomic E-state index is 3.51. The molecule has 1 aromatic carbocycles. The minimum Gasteiger partial charge on any atom is -0.313 e. The largest absolute Gasteiger partial charge is 0.313 e. The van der Waals surface area contributed by atoms with Crippen molar-refractivity contribution in [2.75, 3.05) is 20.1 Å². The lowest BCUT2D eigenvalue weighted by Crippen LogP contribution is -2.33. The van der Waals surface area contributed by atoms with Crippen molar-refractivity contribution in [1.82, 2.24) is 10.2 Å². The predicted octanol–water partition coefficient (Wildman–Crippen LogP) is 4.07. The van der Waals surface area contributed by atoms with Crippen LogP contribution in [0, 0.1) is 19.8 Å². The SMILES string of the molecule is CNC(CCN(CC(C)C)C1CC1)c1cc(C)cc(C)c1. The maximum atomic E-state index is 3.51. The summed E-state index contributed by atoms with van der Waals surface area (Å²) in [4.78, 5) is 2.71. The quantitative estimate of drug-likeness (QED) is 0.775. The maximum Gasteiger partial charge on any atom is 0.0329 e. The van der Waals surface area contributed by atoms with Crippen LogP contribution >= 0.6 is 0 Å². The molecule has 0 spiro atoms. The minimum atomic E-state index is 0.469. The fourth-order valence-electron chi connectivity index (χ4n) is 3.32. The minimum absolute atomic E-state index is 0.469. The number of nitrogens with zero attached hydrogens (tertiary/aromatic N) is 1. The van der Waals surface area contributed by atoms with Gasteiger partial charge < -0.3 is 10.2 Å². The van der Waals surface area contributed by atoms with Crippen molar-refractivity contribution in [1.29, 1.82) is 0 Å². The van der Waals surface area contributed by atoms with Crippen molar-refractivity contribution in [2.45, 2.75) is 59.0 Å². The second-order valence-electron chi connectivity index (χ2n) is 7.17. The summed E-state index contributed by atoms with van der Waals surface area (Å²) in [6.07, 6.45) is 4.00. The molecule has 0 aromatic heterocycles. The summed E-state index contributed by atoms with van der Waals surface area (Å²) in [6, 6.07) is 8.25. The summed E-state index contributed by atoms with van der Waals surface area (Å²) in [6.45, 7) is 11.5. The zero-order valence-corrected chi connectivity index (χ0v) is 14.4. The fraction of sp³-hybridized carbons (Fsp3) is 0.684. The third kappa shape index (κ3) is 5.12. The summed E-state index contributed by atoms with van der Waals surface area (Å²) >= 11 is 0. The van der Waals surface area contributed by atoms with Gasteiger partial charge in [0.25, 0.3) is 0 Å². The van der Waals surface area contributed by atoms with E-state index in [1.807, 2.05) is 0 Å². The Balaban J connectivity index is 1.97. The summed E-state index contributed by atoms with van der Waals surface area (Å²) in [7, 11) is 2.09. The van der Waals surface area contributed by atoms with E-state index in [0.29, 0.717) is 6.04 Å². The lowest BCUT2D eigenvalue weighted by atomic mass is 9.99. The lowest BCUT2D eigenvalue weighted by Gasteiger charge is -2.27. The van der Waals surface area contributed by atoms with Crippen LogP contribution < -0.4 is 5.32 Å². The molecule has 0 radical (unpaired) electrons. The van der Waals surface area contributed by atoms with E-state index in [9.17, 15) is 0 Å². The van der Waals surface area contributed by atoms with E-state index in [1.165, 1.54) is 49.0 Å². The summed E-state index contributed by atoms with van der Waals surface area (Å²) in [5.41, 5.74) is 4.17. The van der Waals surface area contributed by atoms with E-state index < -0.39 is 0 Å². The molecule has 1 atom stereocenters. The van der Waals surface area contributed by atoms with Gasteiger partial charge in [0, 0.05) is 25.2 Å². The first-order valence-corrected chi connectivity index (χ1v) is 8.49. The molecule has 1 unspecified atom stereocenters. The van der Waals surface area contributed by atoms with Gasteiger partial charge in [-0.3, -0.25) is 0 Å². The molecule has 2 heteroatoms. The van der Waals surface area contributed by atoms with E-state index in [0.717, 1.165) is 12.0 Å². The van der Waals surface area contributed by atoms with Gasteiger partial charge in [-0.15, -0.1) is 0 Å². The zero-order chi connectivity index (χ0) is 15.4. The molecule has 0 bridgehead atoms. The highest BCUT2D eigenvalue weighted by Crippen LogP contribution is 2.29. The van der Waals surface area contributed by atoms with Gasteiger partial charge in [-0.1, -0.05) is 43.2 Å². The monoisotopic (exact) mass is 288 g/mol. The van der Waals surface area contributed by atoms with Gasteiger partial charge in [0.1, 0.15) is 0 Å². The second kappa shape index (κ2) is 7.42. The lowest BCUT2D eigenvalue weighted by molar-refractivity contribution is 0.223. The van der Waals surface area contributed by atoms with E-state index in [2.05, 4.69) is 63.2 Å². The number of nitrogens with one attached hydrogen (secondary N) is 1. The standard InChI is InChI=1S/C19H32N2/c1-14(2)13-21(18-6-7-18)9-8-19(20-5)17-11-15(3)10-16(4)12-17/h10-12,14,18-20H,6-9,13H2,1-5H3. The molecular formula is C19H32N2. The van der Waals surface area contributed by atoms with Crippen LogP contribution in [0.5, 0.6) is 0 Å². The summed E-state index contributed by atoms with van der Waals surface area (Å²) in [5, 5.41) is 3.51. The van der Waals surface area contributed by atoms with Gasteiger partial charge in [-0.05, 0) is 51.6 Å². The molecule has 1 saturated carbocycles. The first-order valence-electron chi connectivity index (χ1n) is 8.49. The number of hydrogen-bond donors (Lipinski definition) is 1. The highest BCUT2D eigenvalue weighted by Gasteiger charge is 2.29. The molecule has 1 aliphatic carbocycles. The average Bonchev–Trinajstić information content (AvgIpc) is 3.20. The highest BCUT2D eigenvalue weighted by atomic mass is 15.2. The van der Waals surface area contributed by atoms with Gasteiger partial charge in [0.05, 0.1) is 0 Å². The van der Waals surface area contributed by atoms with Crippen molar-refractivity contribution < 1.29 is 0 Å². The van der Waals surface area contributed by atoms with Crippen LogP contribution in [0.2, 0.25) is 0 Å². The second-order valence-corrected chi connectivity index (χ2v) is 7.17. The molecule has 1 aliphatic rings. The first kappa shape index (κ1) is 16.5. The van der Waals surface area contributed by atoms with Crippen LogP contribution in [0.1, 0.15) is 55.8 Å². The third-order valence-corrected chi connectivity index (χ3v) is 4.36. The molecular weight excluding hydrogens is 256 g/mol. The van der Waals surface area contributed by atoms with Crippen molar-refractivity contribution in [2.24, 2.45) is 5.92 Å². The molecule has 0 saturated heterocycles. The number of hydrogen-bond acceptors (Lipinski definition) is 2. The number of benzene rings is 1. The van der Waals surface area contributed by atoms with Crippen LogP contribution in [-0.2, 0) is 0 Å². The molecule has 1 aromatic rings. The molecule has 0 aliphatic heterocycles. The Morgan fingerprint density at radius 2 is 1.76 bits per heavy atom. The van der Waals surface area contributed by atoms with Gasteiger partial charge in [-0.25, -0.2) is 0 Å². The Kier molecular flexibility index (Phi) is 5.83. The van der Waals surface area contributed by atoms with Crippen LogP contribution in [0.3, 0.4) is 0 Å². The predicted molar refractivity (Wildman–Crippen MR) is 91.8 cm³/mol. The van der Waals surface area contributed by atoms with Crippen LogP contribution in [-0.4, -0.2) is 31.1 Å². The third-order valence-electron chi connectivity index (χ3n) is 4.36. The molecule has 0 amide bonds. The van der Waals surface area contributed by atoms with Crippen molar-refractivity contribution in [3.8, 4) is 0 Å². The Morgan fingerprint density at radius 1 is 1.14 bits per heavy atom.